The number of anilines is 1. The Kier molecular flexibility index (Phi) is 5.73. The number of hydrogen-bond donors (Lipinski definition) is 0. The molecule has 5 nitrogen and oxygen atoms in total. The fourth-order valence-corrected chi connectivity index (χ4v) is 3.62. The lowest BCUT2D eigenvalue weighted by atomic mass is 10.2. The van der Waals surface area contributed by atoms with Crippen molar-refractivity contribution in [2.24, 2.45) is 0 Å². The van der Waals surface area contributed by atoms with Crippen molar-refractivity contribution in [3.63, 3.8) is 0 Å². The molecule has 1 aromatic rings. The van der Waals surface area contributed by atoms with E-state index in [0.29, 0.717) is 17.5 Å². The molecule has 2 fully saturated rings. The van der Waals surface area contributed by atoms with E-state index in [-0.39, 0.29) is 0 Å². The van der Waals surface area contributed by atoms with Crippen molar-refractivity contribution in [2.75, 3.05) is 50.7 Å². The molecular weight excluding hydrogens is 312 g/mol. The highest BCUT2D eigenvalue weighted by Gasteiger charge is 2.23. The lowest BCUT2D eigenvalue weighted by molar-refractivity contribution is -0.132. The molecular formula is C17H25ClN4O. The van der Waals surface area contributed by atoms with Gasteiger partial charge in [-0.25, -0.2) is 0 Å². The maximum absolute atomic E-state index is 12.5. The minimum absolute atomic E-state index is 0.294. The third-order valence-corrected chi connectivity index (χ3v) is 5.07. The maximum Gasteiger partial charge on any atom is 0.236 e. The number of carbonyl (C=O) groups excluding carboxylic acids is 1. The zero-order valence-corrected chi connectivity index (χ0v) is 14.3. The Morgan fingerprint density at radius 1 is 1.04 bits per heavy atom. The highest BCUT2D eigenvalue weighted by Crippen LogP contribution is 2.25. The average Bonchev–Trinajstić information content (AvgIpc) is 2.86. The summed E-state index contributed by atoms with van der Waals surface area (Å²) in [6.45, 7) is 6.03. The van der Waals surface area contributed by atoms with E-state index in [0.717, 1.165) is 57.8 Å². The summed E-state index contributed by atoms with van der Waals surface area (Å²) in [4.78, 5) is 23.1. The van der Waals surface area contributed by atoms with E-state index in [9.17, 15) is 4.79 Å². The topological polar surface area (TPSA) is 39.7 Å². The van der Waals surface area contributed by atoms with Crippen molar-refractivity contribution < 1.29 is 4.79 Å². The number of carbonyl (C=O) groups is 1. The highest BCUT2D eigenvalue weighted by atomic mass is 35.5. The van der Waals surface area contributed by atoms with Gasteiger partial charge in [0.1, 0.15) is 0 Å². The Balaban J connectivity index is 1.49. The molecule has 6 heteroatoms. The molecule has 0 radical (unpaired) electrons. The van der Waals surface area contributed by atoms with Gasteiger partial charge in [0, 0.05) is 51.7 Å². The van der Waals surface area contributed by atoms with Crippen LogP contribution in [0.5, 0.6) is 0 Å². The minimum atomic E-state index is 0.294. The first-order valence-corrected chi connectivity index (χ1v) is 8.96. The van der Waals surface area contributed by atoms with Gasteiger partial charge in [-0.1, -0.05) is 24.4 Å². The van der Waals surface area contributed by atoms with Crippen molar-refractivity contribution in [3.8, 4) is 0 Å². The average molecular weight is 337 g/mol. The van der Waals surface area contributed by atoms with Gasteiger partial charge in [0.25, 0.3) is 0 Å². The number of halogens is 1. The van der Waals surface area contributed by atoms with E-state index < -0.39 is 0 Å². The van der Waals surface area contributed by atoms with Crippen LogP contribution in [0.15, 0.2) is 18.5 Å². The first-order valence-electron chi connectivity index (χ1n) is 8.58. The predicted octanol–water partition coefficient (Wildman–Crippen LogP) is 2.26. The van der Waals surface area contributed by atoms with Gasteiger partial charge < -0.3 is 9.80 Å². The molecule has 0 atom stereocenters. The van der Waals surface area contributed by atoms with Crippen LogP contribution < -0.4 is 4.90 Å². The Hall–Kier alpha value is -1.33. The minimum Gasteiger partial charge on any atom is -0.368 e. The number of piperazine rings is 1. The van der Waals surface area contributed by atoms with Crippen molar-refractivity contribution in [1.29, 1.82) is 0 Å². The predicted molar refractivity (Wildman–Crippen MR) is 92.9 cm³/mol. The van der Waals surface area contributed by atoms with Crippen LogP contribution in [-0.2, 0) is 4.79 Å². The van der Waals surface area contributed by atoms with Crippen LogP contribution in [0.1, 0.15) is 25.7 Å². The molecule has 2 saturated heterocycles. The van der Waals surface area contributed by atoms with E-state index in [1.54, 1.807) is 12.4 Å². The fraction of sp³-hybridized carbons (Fsp3) is 0.647. The summed E-state index contributed by atoms with van der Waals surface area (Å²) in [5.74, 6) is 0.294. The summed E-state index contributed by atoms with van der Waals surface area (Å²) in [7, 11) is 0. The van der Waals surface area contributed by atoms with Gasteiger partial charge in [0.15, 0.2) is 0 Å². The Bertz CT molecular complexity index is 523. The fourth-order valence-electron chi connectivity index (χ4n) is 3.38. The number of amides is 1. The van der Waals surface area contributed by atoms with Gasteiger partial charge >= 0.3 is 0 Å². The second-order valence-corrected chi connectivity index (χ2v) is 6.79. The zero-order valence-electron chi connectivity index (χ0n) is 13.6. The smallest absolute Gasteiger partial charge is 0.236 e. The summed E-state index contributed by atoms with van der Waals surface area (Å²) in [5, 5.41) is 0.696. The van der Waals surface area contributed by atoms with Crippen LogP contribution in [0.3, 0.4) is 0 Å². The summed E-state index contributed by atoms with van der Waals surface area (Å²) >= 11 is 6.22. The molecule has 0 saturated carbocycles. The Morgan fingerprint density at radius 3 is 2.39 bits per heavy atom. The van der Waals surface area contributed by atoms with Crippen molar-refractivity contribution in [3.05, 3.63) is 23.5 Å². The van der Waals surface area contributed by atoms with Crippen LogP contribution in [-0.4, -0.2) is 66.5 Å². The largest absolute Gasteiger partial charge is 0.368 e. The number of pyridine rings is 1. The lowest BCUT2D eigenvalue weighted by Gasteiger charge is -2.36. The standard InChI is InChI=1S/C17H25ClN4O/c18-15-13-19-6-5-16(15)21-11-9-20(10-12-21)14-17(23)22-7-3-1-2-4-8-22/h5-6,13H,1-4,7-12,14H2. The molecule has 0 spiro atoms. The SMILES string of the molecule is O=C(CN1CCN(c2ccncc2Cl)CC1)N1CCCCCC1. The second-order valence-electron chi connectivity index (χ2n) is 6.39. The maximum atomic E-state index is 12.5. The number of nitrogens with zero attached hydrogens (tertiary/aromatic N) is 4. The number of likely N-dealkylation sites (tertiary alicyclic amines) is 1. The molecule has 0 bridgehead atoms. The van der Waals surface area contributed by atoms with Crippen LogP contribution in [0.4, 0.5) is 5.69 Å². The van der Waals surface area contributed by atoms with Crippen LogP contribution in [0.25, 0.3) is 0 Å². The molecule has 3 rings (SSSR count). The van der Waals surface area contributed by atoms with Gasteiger partial charge in [-0.2, -0.15) is 0 Å². The van der Waals surface area contributed by atoms with Gasteiger partial charge in [-0.3, -0.25) is 14.7 Å². The lowest BCUT2D eigenvalue weighted by Crippen LogP contribution is -2.50. The van der Waals surface area contributed by atoms with Crippen molar-refractivity contribution in [2.45, 2.75) is 25.7 Å². The molecule has 0 aromatic carbocycles. The molecule has 23 heavy (non-hydrogen) atoms. The van der Waals surface area contributed by atoms with E-state index in [1.807, 2.05) is 6.07 Å². The van der Waals surface area contributed by atoms with Gasteiger partial charge in [0.2, 0.25) is 5.91 Å². The summed E-state index contributed by atoms with van der Waals surface area (Å²) < 4.78 is 0. The molecule has 1 aromatic heterocycles. The monoisotopic (exact) mass is 336 g/mol. The molecule has 1 amide bonds. The van der Waals surface area contributed by atoms with Crippen LogP contribution in [0.2, 0.25) is 5.02 Å². The summed E-state index contributed by atoms with van der Waals surface area (Å²) in [6, 6.07) is 1.96. The first-order chi connectivity index (χ1) is 11.2. The third kappa shape index (κ3) is 4.36. The van der Waals surface area contributed by atoms with Crippen LogP contribution >= 0.6 is 11.6 Å². The van der Waals surface area contributed by atoms with Gasteiger partial charge in [0.05, 0.1) is 17.3 Å². The molecule has 126 valence electrons. The van der Waals surface area contributed by atoms with Gasteiger partial charge in [-0.15, -0.1) is 0 Å². The molecule has 0 N–H and O–H groups in total. The van der Waals surface area contributed by atoms with Crippen LogP contribution in [0, 0.1) is 0 Å². The second kappa shape index (κ2) is 7.97. The van der Waals surface area contributed by atoms with Crippen molar-refractivity contribution in [1.82, 2.24) is 14.8 Å². The number of aromatic nitrogens is 1. The number of hydrogen-bond acceptors (Lipinski definition) is 4. The molecule has 2 aliphatic heterocycles. The highest BCUT2D eigenvalue weighted by molar-refractivity contribution is 6.33. The summed E-state index contributed by atoms with van der Waals surface area (Å²) in [5.41, 5.74) is 1.04. The van der Waals surface area contributed by atoms with E-state index in [1.165, 1.54) is 12.8 Å². The normalized spacial score (nSPS) is 20.4. The molecule has 0 unspecified atom stereocenters. The number of rotatable bonds is 3. The quantitative estimate of drug-likeness (QED) is 0.849. The summed E-state index contributed by atoms with van der Waals surface area (Å²) in [6.07, 6.45) is 8.28. The molecule has 3 heterocycles. The molecule has 2 aliphatic rings. The van der Waals surface area contributed by atoms with E-state index >= 15 is 0 Å². The van der Waals surface area contributed by atoms with Crippen molar-refractivity contribution >= 4 is 23.2 Å². The molecule has 0 aliphatic carbocycles. The third-order valence-electron chi connectivity index (χ3n) is 4.78. The first kappa shape index (κ1) is 16.5. The van der Waals surface area contributed by atoms with E-state index in [4.69, 9.17) is 11.6 Å². The Labute approximate surface area is 143 Å². The van der Waals surface area contributed by atoms with Gasteiger partial charge in [-0.05, 0) is 18.9 Å². The Morgan fingerprint density at radius 2 is 1.74 bits per heavy atom. The zero-order chi connectivity index (χ0) is 16.1. The van der Waals surface area contributed by atoms with E-state index in [2.05, 4.69) is 19.7 Å².